The second-order valence-corrected chi connectivity index (χ2v) is 10.2. The summed E-state index contributed by atoms with van der Waals surface area (Å²) in [6.45, 7) is 6.76. The molecule has 0 aliphatic carbocycles. The van der Waals surface area contributed by atoms with Gasteiger partial charge >= 0.3 is 18.1 Å². The van der Waals surface area contributed by atoms with Gasteiger partial charge in [-0.1, -0.05) is 12.1 Å². The zero-order valence-corrected chi connectivity index (χ0v) is 21.1. The minimum absolute atomic E-state index is 0.114. The van der Waals surface area contributed by atoms with Crippen molar-refractivity contribution in [3.63, 3.8) is 0 Å². The fraction of sp³-hybridized carbons (Fsp3) is 0.462. The number of amides is 1. The zero-order chi connectivity index (χ0) is 26.3. The molecule has 0 bridgehead atoms. The number of carbonyl (C=O) groups excluding carboxylic acids is 1. The van der Waals surface area contributed by atoms with Gasteiger partial charge in [-0.2, -0.15) is 13.2 Å². The van der Waals surface area contributed by atoms with Crippen molar-refractivity contribution in [3.05, 3.63) is 42.1 Å². The van der Waals surface area contributed by atoms with Crippen molar-refractivity contribution in [1.29, 1.82) is 0 Å². The molecule has 2 aromatic heterocycles. The van der Waals surface area contributed by atoms with Crippen molar-refractivity contribution in [2.45, 2.75) is 45.4 Å². The molecule has 1 unspecified atom stereocenters. The molecule has 0 radical (unpaired) electrons. The molecule has 7 nitrogen and oxygen atoms in total. The molecule has 36 heavy (non-hydrogen) atoms. The number of nitrogens with zero attached hydrogens (tertiary/aromatic N) is 5. The summed E-state index contributed by atoms with van der Waals surface area (Å²) in [5.74, 6) is 0.741. The number of ether oxygens (including phenoxy) is 1. The number of aryl methyl sites for hydroxylation is 1. The molecular weight excluding hydrogens is 471 g/mol. The summed E-state index contributed by atoms with van der Waals surface area (Å²) in [6, 6.07) is 6.83. The first-order chi connectivity index (χ1) is 16.8. The Bertz CT molecular complexity index is 1290. The summed E-state index contributed by atoms with van der Waals surface area (Å²) in [5.41, 5.74) is 0.642. The van der Waals surface area contributed by atoms with Gasteiger partial charge in [0, 0.05) is 43.2 Å². The third kappa shape index (κ3) is 5.52. The van der Waals surface area contributed by atoms with Crippen LogP contribution >= 0.6 is 0 Å². The van der Waals surface area contributed by atoms with E-state index in [4.69, 9.17) is 4.74 Å². The van der Waals surface area contributed by atoms with E-state index in [1.807, 2.05) is 62.5 Å². The summed E-state index contributed by atoms with van der Waals surface area (Å²) in [6.07, 6.45) is 1.01. The first-order valence-electron chi connectivity index (χ1n) is 11.9. The maximum absolute atomic E-state index is 13.0. The highest BCUT2D eigenvalue weighted by Crippen LogP contribution is 2.34. The normalized spacial score (nSPS) is 17.5. The van der Waals surface area contributed by atoms with E-state index in [2.05, 4.69) is 10.2 Å². The van der Waals surface area contributed by atoms with Crippen molar-refractivity contribution in [2.75, 3.05) is 20.1 Å². The number of hydrogen-bond acceptors (Lipinski definition) is 4. The number of aromatic nitrogens is 3. The van der Waals surface area contributed by atoms with Crippen molar-refractivity contribution < 1.29 is 27.3 Å². The average molecular weight is 503 g/mol. The van der Waals surface area contributed by atoms with Gasteiger partial charge in [-0.3, -0.25) is 0 Å². The zero-order valence-electron chi connectivity index (χ0n) is 21.1. The molecule has 192 valence electrons. The number of alkyl halides is 3. The Morgan fingerprint density at radius 3 is 2.47 bits per heavy atom. The number of hydrogen-bond donors (Lipinski definition) is 0. The Kier molecular flexibility index (Phi) is 6.81. The Labute approximate surface area is 208 Å². The Balaban J connectivity index is 1.62. The van der Waals surface area contributed by atoms with Crippen LogP contribution in [-0.2, 0) is 18.0 Å². The molecule has 10 heteroatoms. The molecule has 1 amide bonds. The van der Waals surface area contributed by atoms with Gasteiger partial charge in [-0.25, -0.2) is 9.37 Å². The lowest BCUT2D eigenvalue weighted by Gasteiger charge is -2.32. The van der Waals surface area contributed by atoms with Crippen LogP contribution in [0.5, 0.6) is 0 Å². The van der Waals surface area contributed by atoms with Crippen molar-refractivity contribution in [1.82, 2.24) is 19.7 Å². The molecule has 1 aliphatic heterocycles. The minimum atomic E-state index is -4.40. The molecule has 0 spiro atoms. The van der Waals surface area contributed by atoms with Gasteiger partial charge in [0.25, 0.3) is 0 Å². The maximum atomic E-state index is 13.0. The average Bonchev–Trinajstić information content (AvgIpc) is 3.19. The molecule has 1 saturated heterocycles. The molecule has 1 aromatic carbocycles. The standard InChI is InChI=1S/C26H31F3N5O2/c1-25(2,3)36-24(35)34-13-6-7-17(16-34)15-33(5)23-22-20(12-14-32(22)4)21(30-31-23)18-8-10-19(11-9-18)26(27,28)29/h8-12,14-15,17H,6-7,13,16H2,1-5H3/q+1. The van der Waals surface area contributed by atoms with Crippen LogP contribution in [0, 0.1) is 5.92 Å². The third-order valence-corrected chi connectivity index (χ3v) is 6.15. The second kappa shape index (κ2) is 9.55. The van der Waals surface area contributed by atoms with Crippen LogP contribution in [0.15, 0.2) is 36.5 Å². The number of fused-ring (bicyclic) bond motifs is 1. The number of benzene rings is 1. The van der Waals surface area contributed by atoms with Crippen LogP contribution in [0.1, 0.15) is 39.2 Å². The molecule has 3 aromatic rings. The van der Waals surface area contributed by atoms with Gasteiger partial charge in [-0.15, -0.1) is 0 Å². The fourth-order valence-corrected chi connectivity index (χ4v) is 4.48. The van der Waals surface area contributed by atoms with E-state index in [0.717, 1.165) is 35.9 Å². The van der Waals surface area contributed by atoms with E-state index in [1.165, 1.54) is 12.1 Å². The quantitative estimate of drug-likeness (QED) is 0.343. The van der Waals surface area contributed by atoms with E-state index in [0.29, 0.717) is 30.2 Å². The first-order valence-corrected chi connectivity index (χ1v) is 11.9. The molecular formula is C26H31F3N5O2+. The maximum Gasteiger partial charge on any atom is 0.416 e. The molecule has 3 heterocycles. The van der Waals surface area contributed by atoms with Crippen LogP contribution < -0.4 is 0 Å². The summed E-state index contributed by atoms with van der Waals surface area (Å²) in [5, 5.41) is 9.63. The molecule has 1 atom stereocenters. The van der Waals surface area contributed by atoms with Crippen molar-refractivity contribution in [3.8, 4) is 11.3 Å². The van der Waals surface area contributed by atoms with E-state index >= 15 is 0 Å². The smallest absolute Gasteiger partial charge is 0.416 e. The highest BCUT2D eigenvalue weighted by Gasteiger charge is 2.31. The van der Waals surface area contributed by atoms with E-state index in [9.17, 15) is 18.0 Å². The minimum Gasteiger partial charge on any atom is -0.444 e. The molecule has 1 fully saturated rings. The van der Waals surface area contributed by atoms with Crippen LogP contribution in [0.4, 0.5) is 23.8 Å². The Hall–Kier alpha value is -3.43. The van der Waals surface area contributed by atoms with Gasteiger partial charge < -0.3 is 14.2 Å². The lowest BCUT2D eigenvalue weighted by molar-refractivity contribution is -0.406. The van der Waals surface area contributed by atoms with Crippen LogP contribution in [0.3, 0.4) is 0 Å². The molecule has 1 aliphatic rings. The van der Waals surface area contributed by atoms with E-state index in [1.54, 1.807) is 4.90 Å². The van der Waals surface area contributed by atoms with Gasteiger partial charge in [0.2, 0.25) is 0 Å². The largest absolute Gasteiger partial charge is 0.444 e. The third-order valence-electron chi connectivity index (χ3n) is 6.15. The number of halogens is 3. The number of likely N-dealkylation sites (tertiary alicyclic amines) is 1. The van der Waals surface area contributed by atoms with Gasteiger partial charge in [0.1, 0.15) is 16.8 Å². The number of carbonyl (C=O) groups is 1. The van der Waals surface area contributed by atoms with Crippen LogP contribution in [-0.4, -0.2) is 62.3 Å². The van der Waals surface area contributed by atoms with Crippen molar-refractivity contribution in [2.24, 2.45) is 13.0 Å². The molecule has 0 saturated carbocycles. The first kappa shape index (κ1) is 25.7. The lowest BCUT2D eigenvalue weighted by Crippen LogP contribution is -2.43. The SMILES string of the molecule is Cn1ccc2c(-c3ccc(C(F)(F)F)cc3)nnc([N+](C)=CC3CCCN(C(=O)OC(C)(C)C)C3)c21. The highest BCUT2D eigenvalue weighted by molar-refractivity contribution is 5.97. The predicted octanol–water partition coefficient (Wildman–Crippen LogP) is 5.65. The fourth-order valence-electron chi connectivity index (χ4n) is 4.48. The number of piperidine rings is 1. The summed E-state index contributed by atoms with van der Waals surface area (Å²) in [4.78, 5) is 14.3. The van der Waals surface area contributed by atoms with Gasteiger partial charge in [0.05, 0.1) is 23.9 Å². The Morgan fingerprint density at radius 2 is 1.83 bits per heavy atom. The summed E-state index contributed by atoms with van der Waals surface area (Å²) < 4.78 is 48.3. The number of rotatable bonds is 3. The lowest BCUT2D eigenvalue weighted by atomic mass is 9.99. The Morgan fingerprint density at radius 1 is 1.14 bits per heavy atom. The predicted molar refractivity (Wildman–Crippen MR) is 131 cm³/mol. The van der Waals surface area contributed by atoms with Crippen molar-refractivity contribution >= 4 is 29.0 Å². The van der Waals surface area contributed by atoms with Gasteiger partial charge in [0.15, 0.2) is 0 Å². The second-order valence-electron chi connectivity index (χ2n) is 10.2. The highest BCUT2D eigenvalue weighted by atomic mass is 19.4. The van der Waals surface area contributed by atoms with E-state index < -0.39 is 17.3 Å². The monoisotopic (exact) mass is 502 g/mol. The topological polar surface area (TPSA) is 63.3 Å². The molecule has 4 rings (SSSR count). The van der Waals surface area contributed by atoms with Gasteiger partial charge in [-0.05, 0) is 56.9 Å². The van der Waals surface area contributed by atoms with Crippen LogP contribution in [0.2, 0.25) is 0 Å². The van der Waals surface area contributed by atoms with Crippen LogP contribution in [0.25, 0.3) is 22.2 Å². The summed E-state index contributed by atoms with van der Waals surface area (Å²) >= 11 is 0. The van der Waals surface area contributed by atoms with E-state index in [-0.39, 0.29) is 12.0 Å². The molecule has 0 N–H and O–H groups in total. The summed E-state index contributed by atoms with van der Waals surface area (Å²) in [7, 11) is 3.78.